The largest absolute Gasteiger partial charge is 0.399 e. The Balaban J connectivity index is 1.76. The molecule has 1 aliphatic rings. The summed E-state index contributed by atoms with van der Waals surface area (Å²) in [6.45, 7) is 0.745. The van der Waals surface area contributed by atoms with Gasteiger partial charge in [0, 0.05) is 23.5 Å². The van der Waals surface area contributed by atoms with E-state index in [2.05, 4.69) is 21.4 Å². The molecule has 1 aromatic heterocycles. The molecule has 3 rings (SSSR count). The van der Waals surface area contributed by atoms with Crippen LogP contribution in [0.15, 0.2) is 30.6 Å². The summed E-state index contributed by atoms with van der Waals surface area (Å²) in [4.78, 5) is 8.65. The molecule has 1 aliphatic carbocycles. The van der Waals surface area contributed by atoms with Gasteiger partial charge in [0.2, 0.25) is 0 Å². The molecule has 0 fully saturated rings. The van der Waals surface area contributed by atoms with Crippen LogP contribution in [0, 0.1) is 0 Å². The number of nitrogen functional groups attached to an aromatic ring is 1. The van der Waals surface area contributed by atoms with Gasteiger partial charge in [0.05, 0.1) is 0 Å². The number of fused-ring (bicyclic) bond motifs is 1. The third kappa shape index (κ3) is 2.14. The lowest BCUT2D eigenvalue weighted by Crippen LogP contribution is -2.05. The number of nitrogens with two attached hydrogens (primary N) is 1. The summed E-state index contributed by atoms with van der Waals surface area (Å²) in [5.74, 6) is 0.972. The Kier molecular flexibility index (Phi) is 2.84. The molecule has 0 spiro atoms. The lowest BCUT2D eigenvalue weighted by atomic mass is 10.2. The second-order valence-electron chi connectivity index (χ2n) is 4.60. The molecule has 4 heteroatoms. The molecule has 0 saturated carbocycles. The topological polar surface area (TPSA) is 63.8 Å². The Labute approximate surface area is 106 Å². The third-order valence-corrected chi connectivity index (χ3v) is 3.29. The van der Waals surface area contributed by atoms with Gasteiger partial charge >= 0.3 is 0 Å². The molecule has 18 heavy (non-hydrogen) atoms. The number of hydrogen-bond acceptors (Lipinski definition) is 4. The van der Waals surface area contributed by atoms with E-state index in [0.29, 0.717) is 0 Å². The van der Waals surface area contributed by atoms with E-state index >= 15 is 0 Å². The van der Waals surface area contributed by atoms with E-state index in [9.17, 15) is 0 Å². The Morgan fingerprint density at radius 2 is 2.17 bits per heavy atom. The number of rotatable bonds is 3. The van der Waals surface area contributed by atoms with Crippen molar-refractivity contribution in [3.63, 3.8) is 0 Å². The van der Waals surface area contributed by atoms with Gasteiger partial charge in [-0.2, -0.15) is 0 Å². The van der Waals surface area contributed by atoms with E-state index in [4.69, 9.17) is 5.73 Å². The molecule has 3 N–H and O–H groups in total. The molecule has 0 saturated heterocycles. The quantitative estimate of drug-likeness (QED) is 0.807. The molecule has 0 bridgehead atoms. The highest BCUT2D eigenvalue weighted by atomic mass is 15.0. The van der Waals surface area contributed by atoms with Crippen molar-refractivity contribution >= 4 is 11.5 Å². The summed E-state index contributed by atoms with van der Waals surface area (Å²) in [7, 11) is 0. The van der Waals surface area contributed by atoms with Crippen LogP contribution in [-0.2, 0) is 19.4 Å². The van der Waals surface area contributed by atoms with Gasteiger partial charge in [-0.05, 0) is 37.0 Å². The van der Waals surface area contributed by atoms with E-state index in [1.165, 1.54) is 23.2 Å². The summed E-state index contributed by atoms with van der Waals surface area (Å²) in [5, 5.41) is 3.38. The zero-order valence-electron chi connectivity index (χ0n) is 10.2. The number of nitrogens with zero attached hydrogens (tertiary/aromatic N) is 2. The van der Waals surface area contributed by atoms with Crippen LogP contribution in [0.4, 0.5) is 11.5 Å². The average Bonchev–Trinajstić information content (AvgIpc) is 2.85. The summed E-state index contributed by atoms with van der Waals surface area (Å²) < 4.78 is 0. The molecule has 0 atom stereocenters. The highest BCUT2D eigenvalue weighted by molar-refractivity contribution is 5.49. The number of anilines is 2. The Morgan fingerprint density at radius 1 is 1.22 bits per heavy atom. The molecular formula is C14H16N4. The van der Waals surface area contributed by atoms with E-state index in [1.54, 1.807) is 6.33 Å². The fourth-order valence-electron chi connectivity index (χ4n) is 2.40. The smallest absolute Gasteiger partial charge is 0.133 e. The molecule has 92 valence electrons. The second kappa shape index (κ2) is 4.64. The molecule has 0 aliphatic heterocycles. The van der Waals surface area contributed by atoms with Crippen molar-refractivity contribution < 1.29 is 0 Å². The standard InChI is InChI=1S/C14H16N4/c15-11-4-1-3-10(7-11)8-16-14-12-5-2-6-13(12)17-9-18-14/h1,3-4,7,9H,2,5-6,8,15H2,(H,16,17,18). The molecule has 0 amide bonds. The van der Waals surface area contributed by atoms with Crippen molar-refractivity contribution in [2.24, 2.45) is 0 Å². The van der Waals surface area contributed by atoms with Crippen molar-refractivity contribution in [3.05, 3.63) is 47.4 Å². The molecule has 1 aromatic carbocycles. The zero-order valence-corrected chi connectivity index (χ0v) is 10.2. The first-order valence-electron chi connectivity index (χ1n) is 6.24. The third-order valence-electron chi connectivity index (χ3n) is 3.29. The SMILES string of the molecule is Nc1cccc(CNc2ncnc3c2CCC3)c1. The molecule has 1 heterocycles. The van der Waals surface area contributed by atoms with Crippen LogP contribution in [-0.4, -0.2) is 9.97 Å². The van der Waals surface area contributed by atoms with Crippen molar-refractivity contribution in [2.45, 2.75) is 25.8 Å². The van der Waals surface area contributed by atoms with E-state index in [0.717, 1.165) is 30.9 Å². The lowest BCUT2D eigenvalue weighted by molar-refractivity contribution is 0.899. The monoisotopic (exact) mass is 240 g/mol. The predicted molar refractivity (Wildman–Crippen MR) is 72.2 cm³/mol. The van der Waals surface area contributed by atoms with Gasteiger partial charge in [-0.25, -0.2) is 9.97 Å². The molecule has 0 radical (unpaired) electrons. The van der Waals surface area contributed by atoms with Crippen LogP contribution in [0.25, 0.3) is 0 Å². The van der Waals surface area contributed by atoms with Gasteiger partial charge in [0.25, 0.3) is 0 Å². The molecule has 0 unspecified atom stereocenters. The Hall–Kier alpha value is -2.10. The summed E-state index contributed by atoms with van der Waals surface area (Å²) in [5.41, 5.74) is 10.2. The van der Waals surface area contributed by atoms with Crippen LogP contribution in [0.2, 0.25) is 0 Å². The van der Waals surface area contributed by atoms with Gasteiger partial charge in [0.15, 0.2) is 0 Å². The van der Waals surface area contributed by atoms with Crippen LogP contribution >= 0.6 is 0 Å². The lowest BCUT2D eigenvalue weighted by Gasteiger charge is -2.09. The minimum atomic E-state index is 0.745. The van der Waals surface area contributed by atoms with E-state index in [-0.39, 0.29) is 0 Å². The van der Waals surface area contributed by atoms with Crippen LogP contribution in [0.5, 0.6) is 0 Å². The Morgan fingerprint density at radius 3 is 3.06 bits per heavy atom. The van der Waals surface area contributed by atoms with Gasteiger partial charge < -0.3 is 11.1 Å². The van der Waals surface area contributed by atoms with Crippen molar-refractivity contribution in [1.29, 1.82) is 0 Å². The number of benzene rings is 1. The fourth-order valence-corrected chi connectivity index (χ4v) is 2.40. The van der Waals surface area contributed by atoms with Gasteiger partial charge in [0.1, 0.15) is 12.1 Å². The number of hydrogen-bond donors (Lipinski definition) is 2. The number of nitrogens with one attached hydrogen (secondary N) is 1. The van der Waals surface area contributed by atoms with E-state index < -0.39 is 0 Å². The minimum Gasteiger partial charge on any atom is -0.399 e. The van der Waals surface area contributed by atoms with Crippen molar-refractivity contribution in [1.82, 2.24) is 9.97 Å². The van der Waals surface area contributed by atoms with Gasteiger partial charge in [-0.3, -0.25) is 0 Å². The second-order valence-corrected chi connectivity index (χ2v) is 4.60. The van der Waals surface area contributed by atoms with Gasteiger partial charge in [-0.15, -0.1) is 0 Å². The van der Waals surface area contributed by atoms with E-state index in [1.807, 2.05) is 18.2 Å². The first-order valence-corrected chi connectivity index (χ1v) is 6.24. The van der Waals surface area contributed by atoms with Crippen LogP contribution in [0.1, 0.15) is 23.2 Å². The van der Waals surface area contributed by atoms with Crippen LogP contribution < -0.4 is 11.1 Å². The fraction of sp³-hybridized carbons (Fsp3) is 0.286. The first kappa shape index (κ1) is 11.0. The highest BCUT2D eigenvalue weighted by Crippen LogP contribution is 2.25. The maximum absolute atomic E-state index is 5.76. The van der Waals surface area contributed by atoms with Crippen molar-refractivity contribution in [2.75, 3.05) is 11.1 Å². The maximum Gasteiger partial charge on any atom is 0.133 e. The van der Waals surface area contributed by atoms with Crippen LogP contribution in [0.3, 0.4) is 0 Å². The Bertz CT molecular complexity index is 565. The number of aromatic nitrogens is 2. The first-order chi connectivity index (χ1) is 8.83. The summed E-state index contributed by atoms with van der Waals surface area (Å²) in [6.07, 6.45) is 4.98. The number of aryl methyl sites for hydroxylation is 1. The van der Waals surface area contributed by atoms with Gasteiger partial charge in [-0.1, -0.05) is 12.1 Å². The van der Waals surface area contributed by atoms with Crippen molar-refractivity contribution in [3.8, 4) is 0 Å². The predicted octanol–water partition coefficient (Wildman–Crippen LogP) is 2.16. The highest BCUT2D eigenvalue weighted by Gasteiger charge is 2.16. The maximum atomic E-state index is 5.76. The minimum absolute atomic E-state index is 0.745. The summed E-state index contributed by atoms with van der Waals surface area (Å²) in [6, 6.07) is 7.90. The normalized spacial score (nSPS) is 13.3. The molecule has 2 aromatic rings. The average molecular weight is 240 g/mol. The molecule has 4 nitrogen and oxygen atoms in total. The molecular weight excluding hydrogens is 224 g/mol. The zero-order chi connectivity index (χ0) is 12.4. The summed E-state index contributed by atoms with van der Waals surface area (Å²) >= 11 is 0.